The molecular weight excluding hydrogens is 196 g/mol. The first-order valence-corrected chi connectivity index (χ1v) is 6.14. The number of carbonyl (C=O) groups is 1. The standard InChI is InChI=1S/C15H18O/c1-2-15(16)14-10-8-13(9-11-14)12-6-4-3-5-7-12/h6,8-11H,2-5,7H2,1H3. The molecule has 1 nitrogen and oxygen atoms in total. The maximum Gasteiger partial charge on any atom is 0.162 e. The van der Waals surface area contributed by atoms with Crippen molar-refractivity contribution in [2.24, 2.45) is 0 Å². The number of hydrogen-bond donors (Lipinski definition) is 0. The predicted octanol–water partition coefficient (Wildman–Crippen LogP) is 4.24. The van der Waals surface area contributed by atoms with Crippen LogP contribution in [0.15, 0.2) is 30.3 Å². The molecule has 0 heterocycles. The quantitative estimate of drug-likeness (QED) is 0.688. The molecule has 1 aliphatic rings. The van der Waals surface area contributed by atoms with Gasteiger partial charge in [0.05, 0.1) is 0 Å². The van der Waals surface area contributed by atoms with Crippen molar-refractivity contribution >= 4 is 11.4 Å². The van der Waals surface area contributed by atoms with Crippen LogP contribution in [0.25, 0.3) is 5.57 Å². The topological polar surface area (TPSA) is 17.1 Å². The van der Waals surface area contributed by atoms with Crippen LogP contribution in [0.3, 0.4) is 0 Å². The van der Waals surface area contributed by atoms with Crippen molar-refractivity contribution in [2.75, 3.05) is 0 Å². The smallest absolute Gasteiger partial charge is 0.162 e. The lowest BCUT2D eigenvalue weighted by Gasteiger charge is -2.13. The van der Waals surface area contributed by atoms with Gasteiger partial charge in [-0.15, -0.1) is 0 Å². The van der Waals surface area contributed by atoms with Crippen LogP contribution in [0, 0.1) is 0 Å². The SMILES string of the molecule is CCC(=O)c1ccc(C2=CCCCC2)cc1. The van der Waals surface area contributed by atoms with E-state index < -0.39 is 0 Å². The van der Waals surface area contributed by atoms with E-state index in [9.17, 15) is 4.79 Å². The molecule has 0 aromatic heterocycles. The fourth-order valence-electron chi connectivity index (χ4n) is 2.17. The Kier molecular flexibility index (Phi) is 3.55. The molecule has 0 aliphatic heterocycles. The number of hydrogen-bond acceptors (Lipinski definition) is 1. The fourth-order valence-corrected chi connectivity index (χ4v) is 2.17. The molecule has 0 saturated carbocycles. The van der Waals surface area contributed by atoms with Crippen LogP contribution in [0.2, 0.25) is 0 Å². The third-order valence-electron chi connectivity index (χ3n) is 3.19. The summed E-state index contributed by atoms with van der Waals surface area (Å²) < 4.78 is 0. The highest BCUT2D eigenvalue weighted by Crippen LogP contribution is 2.26. The van der Waals surface area contributed by atoms with Crippen LogP contribution in [0.4, 0.5) is 0 Å². The molecule has 0 saturated heterocycles. The first-order chi connectivity index (χ1) is 7.81. The summed E-state index contributed by atoms with van der Waals surface area (Å²) in [7, 11) is 0. The molecule has 0 radical (unpaired) electrons. The highest BCUT2D eigenvalue weighted by molar-refractivity contribution is 5.96. The minimum Gasteiger partial charge on any atom is -0.294 e. The van der Waals surface area contributed by atoms with Gasteiger partial charge in [0.2, 0.25) is 0 Å². The molecule has 0 N–H and O–H groups in total. The van der Waals surface area contributed by atoms with E-state index in [2.05, 4.69) is 18.2 Å². The fraction of sp³-hybridized carbons (Fsp3) is 0.400. The Morgan fingerprint density at radius 2 is 1.94 bits per heavy atom. The van der Waals surface area contributed by atoms with Crippen LogP contribution in [0.1, 0.15) is 54.9 Å². The van der Waals surface area contributed by atoms with E-state index in [1.807, 2.05) is 19.1 Å². The van der Waals surface area contributed by atoms with Crippen LogP contribution >= 0.6 is 0 Å². The molecule has 84 valence electrons. The summed E-state index contributed by atoms with van der Waals surface area (Å²) in [6.07, 6.45) is 7.91. The van der Waals surface area contributed by atoms with Gasteiger partial charge >= 0.3 is 0 Å². The molecule has 1 heteroatoms. The molecule has 1 aliphatic carbocycles. The number of benzene rings is 1. The normalized spacial score (nSPS) is 15.7. The van der Waals surface area contributed by atoms with Crippen molar-refractivity contribution in [2.45, 2.75) is 39.0 Å². The summed E-state index contributed by atoms with van der Waals surface area (Å²) in [5.41, 5.74) is 3.57. The van der Waals surface area contributed by atoms with Gasteiger partial charge in [0.25, 0.3) is 0 Å². The van der Waals surface area contributed by atoms with Gasteiger partial charge in [-0.1, -0.05) is 37.3 Å². The van der Waals surface area contributed by atoms with Crippen molar-refractivity contribution < 1.29 is 4.79 Å². The van der Waals surface area contributed by atoms with Crippen molar-refractivity contribution in [1.82, 2.24) is 0 Å². The minimum absolute atomic E-state index is 0.226. The van der Waals surface area contributed by atoms with Gasteiger partial charge in [0, 0.05) is 12.0 Å². The van der Waals surface area contributed by atoms with E-state index >= 15 is 0 Å². The van der Waals surface area contributed by atoms with Gasteiger partial charge < -0.3 is 0 Å². The Balaban J connectivity index is 2.18. The third-order valence-corrected chi connectivity index (χ3v) is 3.19. The second kappa shape index (κ2) is 5.11. The van der Waals surface area contributed by atoms with Gasteiger partial charge in [-0.2, -0.15) is 0 Å². The van der Waals surface area contributed by atoms with Crippen LogP contribution in [0.5, 0.6) is 0 Å². The Hall–Kier alpha value is -1.37. The van der Waals surface area contributed by atoms with Crippen LogP contribution < -0.4 is 0 Å². The average Bonchev–Trinajstić information content (AvgIpc) is 2.39. The van der Waals surface area contributed by atoms with Gasteiger partial charge in [0.1, 0.15) is 0 Å². The van der Waals surface area contributed by atoms with Crippen molar-refractivity contribution in [3.8, 4) is 0 Å². The average molecular weight is 214 g/mol. The number of Topliss-reactive ketones (excluding diaryl/α,β-unsaturated/α-hetero) is 1. The molecule has 16 heavy (non-hydrogen) atoms. The number of rotatable bonds is 3. The summed E-state index contributed by atoms with van der Waals surface area (Å²) >= 11 is 0. The highest BCUT2D eigenvalue weighted by Gasteiger charge is 2.07. The monoisotopic (exact) mass is 214 g/mol. The third kappa shape index (κ3) is 2.41. The molecule has 0 spiro atoms. The van der Waals surface area contributed by atoms with Crippen molar-refractivity contribution in [3.05, 3.63) is 41.5 Å². The van der Waals surface area contributed by atoms with Crippen molar-refractivity contribution in [3.63, 3.8) is 0 Å². The first kappa shape index (κ1) is 11.1. The maximum absolute atomic E-state index is 11.5. The highest BCUT2D eigenvalue weighted by atomic mass is 16.1. The van der Waals surface area contributed by atoms with E-state index in [4.69, 9.17) is 0 Å². The molecule has 1 aromatic carbocycles. The van der Waals surface area contributed by atoms with Crippen LogP contribution in [-0.4, -0.2) is 5.78 Å². The summed E-state index contributed by atoms with van der Waals surface area (Å²) in [6, 6.07) is 8.08. The lowest BCUT2D eigenvalue weighted by molar-refractivity contribution is 0.0988. The van der Waals surface area contributed by atoms with E-state index in [0.29, 0.717) is 6.42 Å². The Morgan fingerprint density at radius 3 is 2.50 bits per heavy atom. The lowest BCUT2D eigenvalue weighted by Crippen LogP contribution is -1.97. The second-order valence-corrected chi connectivity index (χ2v) is 4.33. The largest absolute Gasteiger partial charge is 0.294 e. The van der Waals surface area contributed by atoms with Gasteiger partial charge in [-0.05, 0) is 36.8 Å². The van der Waals surface area contributed by atoms with Gasteiger partial charge in [0.15, 0.2) is 5.78 Å². The Labute approximate surface area is 97.2 Å². The number of ketones is 1. The molecule has 0 bridgehead atoms. The van der Waals surface area contributed by atoms with E-state index in [1.54, 1.807) is 0 Å². The molecule has 0 unspecified atom stereocenters. The zero-order chi connectivity index (χ0) is 11.4. The van der Waals surface area contributed by atoms with Crippen LogP contribution in [-0.2, 0) is 0 Å². The number of carbonyl (C=O) groups excluding carboxylic acids is 1. The molecule has 2 rings (SSSR count). The second-order valence-electron chi connectivity index (χ2n) is 4.33. The van der Waals surface area contributed by atoms with Crippen molar-refractivity contribution in [1.29, 1.82) is 0 Å². The molecular formula is C15H18O. The summed E-state index contributed by atoms with van der Waals surface area (Å²) in [5.74, 6) is 0.226. The van der Waals surface area contributed by atoms with Gasteiger partial charge in [-0.3, -0.25) is 4.79 Å². The summed E-state index contributed by atoms with van der Waals surface area (Å²) in [4.78, 5) is 11.5. The zero-order valence-corrected chi connectivity index (χ0v) is 9.83. The molecule has 0 atom stereocenters. The Morgan fingerprint density at radius 1 is 1.19 bits per heavy atom. The molecule has 1 aromatic rings. The lowest BCUT2D eigenvalue weighted by atomic mass is 9.93. The summed E-state index contributed by atoms with van der Waals surface area (Å²) in [6.45, 7) is 1.90. The maximum atomic E-state index is 11.5. The molecule has 0 amide bonds. The van der Waals surface area contributed by atoms with E-state index in [1.165, 1.54) is 36.8 Å². The predicted molar refractivity (Wildman–Crippen MR) is 67.5 cm³/mol. The minimum atomic E-state index is 0.226. The molecule has 0 fully saturated rings. The Bertz CT molecular complexity index is 398. The van der Waals surface area contributed by atoms with E-state index in [-0.39, 0.29) is 5.78 Å². The zero-order valence-electron chi connectivity index (χ0n) is 9.83. The van der Waals surface area contributed by atoms with Gasteiger partial charge in [-0.25, -0.2) is 0 Å². The number of allylic oxidation sites excluding steroid dienone is 2. The van der Waals surface area contributed by atoms with E-state index in [0.717, 1.165) is 5.56 Å². The first-order valence-electron chi connectivity index (χ1n) is 6.14. The summed E-state index contributed by atoms with van der Waals surface area (Å²) in [5, 5.41) is 0.